The number of nitrogens with zero attached hydrogens (tertiary/aromatic N) is 5. The van der Waals surface area contributed by atoms with Crippen molar-refractivity contribution in [3.8, 4) is 67.4 Å². The lowest BCUT2D eigenvalue weighted by molar-refractivity contribution is 0.766. The predicted molar refractivity (Wildman–Crippen MR) is 189 cm³/mol. The molecule has 2 aromatic heterocycles. The molecular weight excluding hydrogens is 574 g/mol. The number of fused-ring (bicyclic) bond motifs is 1. The molecule has 0 aliphatic carbocycles. The van der Waals surface area contributed by atoms with Crippen LogP contribution in [0.1, 0.15) is 5.56 Å². The summed E-state index contributed by atoms with van der Waals surface area (Å²) in [5.41, 5.74) is 13.4. The first-order valence-corrected chi connectivity index (χ1v) is 15.4. The summed E-state index contributed by atoms with van der Waals surface area (Å²) in [7, 11) is 0. The lowest BCUT2D eigenvalue weighted by atomic mass is 9.93. The van der Waals surface area contributed by atoms with Crippen LogP contribution in [0.3, 0.4) is 0 Å². The SMILES string of the molecule is N#Cc1cc(-c2cc(-c3ccccc3)cc3nn(-c4ccc(-c5ccc(-c6cccnc6)cc5)cc4)nc23)ccc1-c1ccccc1. The Bertz CT molecular complexity index is 2370. The molecule has 0 aliphatic heterocycles. The Balaban J connectivity index is 1.18. The molecule has 5 nitrogen and oxygen atoms in total. The number of pyridine rings is 1. The van der Waals surface area contributed by atoms with Crippen molar-refractivity contribution in [1.29, 1.82) is 5.26 Å². The maximum atomic E-state index is 10.1. The van der Waals surface area contributed by atoms with E-state index in [-0.39, 0.29) is 0 Å². The average molecular weight is 602 g/mol. The van der Waals surface area contributed by atoms with Crippen LogP contribution in [0.5, 0.6) is 0 Å². The molecule has 2 heterocycles. The molecule has 220 valence electrons. The zero-order chi connectivity index (χ0) is 31.6. The highest BCUT2D eigenvalue weighted by atomic mass is 15.5. The Morgan fingerprint density at radius 1 is 0.468 bits per heavy atom. The summed E-state index contributed by atoms with van der Waals surface area (Å²) in [5, 5.41) is 20.1. The molecule has 8 aromatic rings. The Hall–Kier alpha value is -6.64. The Labute approximate surface area is 272 Å². The second kappa shape index (κ2) is 12.0. The maximum absolute atomic E-state index is 10.1. The molecule has 47 heavy (non-hydrogen) atoms. The molecule has 0 N–H and O–H groups in total. The lowest BCUT2D eigenvalue weighted by Gasteiger charge is -2.10. The topological polar surface area (TPSA) is 67.4 Å². The van der Waals surface area contributed by atoms with Crippen molar-refractivity contribution in [3.63, 3.8) is 0 Å². The van der Waals surface area contributed by atoms with E-state index in [0.29, 0.717) is 5.56 Å². The normalized spacial score (nSPS) is 11.0. The minimum Gasteiger partial charge on any atom is -0.264 e. The van der Waals surface area contributed by atoms with Crippen LogP contribution < -0.4 is 0 Å². The van der Waals surface area contributed by atoms with Gasteiger partial charge in [0.05, 0.1) is 17.3 Å². The first kappa shape index (κ1) is 27.9. The Kier molecular flexibility index (Phi) is 7.14. The summed E-state index contributed by atoms with van der Waals surface area (Å²) in [6.45, 7) is 0. The van der Waals surface area contributed by atoms with Gasteiger partial charge in [-0.15, -0.1) is 10.2 Å². The highest BCUT2D eigenvalue weighted by Crippen LogP contribution is 2.36. The Morgan fingerprint density at radius 2 is 1.06 bits per heavy atom. The lowest BCUT2D eigenvalue weighted by Crippen LogP contribution is -1.98. The zero-order valence-corrected chi connectivity index (χ0v) is 25.3. The van der Waals surface area contributed by atoms with Gasteiger partial charge in [0, 0.05) is 18.0 Å². The van der Waals surface area contributed by atoms with Gasteiger partial charge in [-0.25, -0.2) is 0 Å². The second-order valence-corrected chi connectivity index (χ2v) is 11.4. The fourth-order valence-electron chi connectivity index (χ4n) is 6.00. The summed E-state index contributed by atoms with van der Waals surface area (Å²) in [4.78, 5) is 5.93. The van der Waals surface area contributed by atoms with Crippen LogP contribution in [0.25, 0.3) is 72.4 Å². The average Bonchev–Trinajstić information content (AvgIpc) is 3.60. The fourth-order valence-corrected chi connectivity index (χ4v) is 6.00. The summed E-state index contributed by atoms with van der Waals surface area (Å²) in [5.74, 6) is 0. The first-order chi connectivity index (χ1) is 23.2. The molecule has 0 atom stereocenters. The third-order valence-electron chi connectivity index (χ3n) is 8.44. The van der Waals surface area contributed by atoms with Gasteiger partial charge in [0.15, 0.2) is 0 Å². The number of nitriles is 1. The van der Waals surface area contributed by atoms with Crippen molar-refractivity contribution in [2.75, 3.05) is 0 Å². The summed E-state index contributed by atoms with van der Waals surface area (Å²) in [6, 6.07) is 53.8. The van der Waals surface area contributed by atoms with E-state index in [1.807, 2.05) is 85.1 Å². The van der Waals surface area contributed by atoms with Gasteiger partial charge in [0.25, 0.3) is 0 Å². The summed E-state index contributed by atoms with van der Waals surface area (Å²) in [6.07, 6.45) is 3.66. The van der Waals surface area contributed by atoms with Crippen molar-refractivity contribution < 1.29 is 0 Å². The smallest absolute Gasteiger partial charge is 0.121 e. The number of benzene rings is 6. The Morgan fingerprint density at radius 3 is 1.72 bits per heavy atom. The van der Waals surface area contributed by atoms with E-state index in [9.17, 15) is 5.26 Å². The molecule has 0 aliphatic rings. The van der Waals surface area contributed by atoms with Crippen LogP contribution in [0, 0.1) is 11.3 Å². The van der Waals surface area contributed by atoms with E-state index in [1.165, 1.54) is 0 Å². The molecule has 8 rings (SSSR count). The molecule has 0 unspecified atom stereocenters. The monoisotopic (exact) mass is 601 g/mol. The third-order valence-corrected chi connectivity index (χ3v) is 8.44. The summed E-state index contributed by atoms with van der Waals surface area (Å²) < 4.78 is 0. The molecular formula is C42H27N5. The van der Waals surface area contributed by atoms with Crippen molar-refractivity contribution >= 4 is 11.0 Å². The highest BCUT2D eigenvalue weighted by molar-refractivity contribution is 5.96. The molecule has 5 heteroatoms. The fraction of sp³-hybridized carbons (Fsp3) is 0. The van der Waals surface area contributed by atoms with Gasteiger partial charge in [-0.2, -0.15) is 10.1 Å². The van der Waals surface area contributed by atoms with Crippen molar-refractivity contribution in [2.24, 2.45) is 0 Å². The third kappa shape index (κ3) is 5.45. The van der Waals surface area contributed by atoms with Crippen LogP contribution >= 0.6 is 0 Å². The van der Waals surface area contributed by atoms with Crippen molar-refractivity contribution in [3.05, 3.63) is 170 Å². The van der Waals surface area contributed by atoms with Gasteiger partial charge >= 0.3 is 0 Å². The number of rotatable bonds is 6. The van der Waals surface area contributed by atoms with Gasteiger partial charge in [-0.05, 0) is 86.5 Å². The molecule has 0 spiro atoms. The molecule has 0 radical (unpaired) electrons. The van der Waals surface area contributed by atoms with E-state index in [1.54, 1.807) is 11.0 Å². The number of aromatic nitrogens is 4. The van der Waals surface area contributed by atoms with Gasteiger partial charge in [-0.1, -0.05) is 115 Å². The minimum atomic E-state index is 0.614. The van der Waals surface area contributed by atoms with E-state index in [0.717, 1.165) is 72.4 Å². The van der Waals surface area contributed by atoms with E-state index in [2.05, 4.69) is 83.8 Å². The van der Waals surface area contributed by atoms with E-state index in [4.69, 9.17) is 10.2 Å². The highest BCUT2D eigenvalue weighted by Gasteiger charge is 2.16. The molecule has 0 fully saturated rings. The maximum Gasteiger partial charge on any atom is 0.121 e. The van der Waals surface area contributed by atoms with Gasteiger partial charge in [0.1, 0.15) is 11.0 Å². The van der Waals surface area contributed by atoms with Gasteiger partial charge in [-0.3, -0.25) is 4.98 Å². The molecule has 0 saturated carbocycles. The van der Waals surface area contributed by atoms with Crippen LogP contribution in [-0.4, -0.2) is 20.0 Å². The van der Waals surface area contributed by atoms with Gasteiger partial charge in [0.2, 0.25) is 0 Å². The van der Waals surface area contributed by atoms with E-state index < -0.39 is 0 Å². The molecule has 0 saturated heterocycles. The predicted octanol–water partition coefficient (Wildman–Crippen LogP) is 10.0. The van der Waals surface area contributed by atoms with Crippen molar-refractivity contribution in [2.45, 2.75) is 0 Å². The van der Waals surface area contributed by atoms with Crippen LogP contribution in [-0.2, 0) is 0 Å². The minimum absolute atomic E-state index is 0.614. The van der Waals surface area contributed by atoms with E-state index >= 15 is 0 Å². The standard InChI is InChI=1S/C42H27N5/c43-27-37-24-34(19-22-39(37)33-10-5-2-6-11-33)40-25-36(29-8-3-1-4-9-29)26-41-42(40)46-47(45-41)38-20-17-31(18-21-38)30-13-15-32(16-14-30)35-12-7-23-44-28-35/h1-26,28H. The van der Waals surface area contributed by atoms with Crippen LogP contribution in [0.15, 0.2) is 164 Å². The number of hydrogen-bond acceptors (Lipinski definition) is 4. The van der Waals surface area contributed by atoms with Gasteiger partial charge < -0.3 is 0 Å². The quantitative estimate of drug-likeness (QED) is 0.190. The molecule has 6 aromatic carbocycles. The molecule has 0 bridgehead atoms. The first-order valence-electron chi connectivity index (χ1n) is 15.4. The largest absolute Gasteiger partial charge is 0.264 e. The van der Waals surface area contributed by atoms with Crippen LogP contribution in [0.4, 0.5) is 0 Å². The number of hydrogen-bond donors (Lipinski definition) is 0. The second-order valence-electron chi connectivity index (χ2n) is 11.4. The van der Waals surface area contributed by atoms with Crippen molar-refractivity contribution in [1.82, 2.24) is 20.0 Å². The van der Waals surface area contributed by atoms with Crippen LogP contribution in [0.2, 0.25) is 0 Å². The summed E-state index contributed by atoms with van der Waals surface area (Å²) >= 11 is 0. The zero-order valence-electron chi connectivity index (χ0n) is 25.3. The molecule has 0 amide bonds.